The Hall–Kier alpha value is -2.28. The number of hydrogen-bond acceptors (Lipinski definition) is 4. The molecule has 0 aromatic heterocycles. The fourth-order valence-corrected chi connectivity index (χ4v) is 1.19. The van der Waals surface area contributed by atoms with Crippen molar-refractivity contribution in [2.24, 2.45) is 5.73 Å². The molecule has 1 aromatic rings. The van der Waals surface area contributed by atoms with Crippen molar-refractivity contribution in [1.82, 2.24) is 5.32 Å². The second kappa shape index (κ2) is 7.13. The molecule has 0 aliphatic heterocycles. The smallest absolute Gasteiger partial charge is 0.341 e. The minimum Gasteiger partial charge on any atom is -0.480 e. The molecule has 98 valence electrons. The number of carboxylic acid groups (broad SMARTS) is 1. The molecule has 0 aliphatic carbocycles. The van der Waals surface area contributed by atoms with Gasteiger partial charge in [0.1, 0.15) is 5.75 Å². The number of urea groups is 1. The lowest BCUT2D eigenvalue weighted by molar-refractivity contribution is -0.139. The van der Waals surface area contributed by atoms with Gasteiger partial charge in [-0.05, 0) is 12.1 Å². The van der Waals surface area contributed by atoms with Gasteiger partial charge in [-0.25, -0.2) is 9.59 Å². The maximum atomic E-state index is 11.4. The largest absolute Gasteiger partial charge is 0.480 e. The molecule has 0 atom stereocenters. The lowest BCUT2D eigenvalue weighted by Gasteiger charge is -2.11. The molecule has 0 fully saturated rings. The molecule has 0 aliphatic rings. The first-order chi connectivity index (χ1) is 8.63. The second-order valence-corrected chi connectivity index (χ2v) is 3.35. The number of para-hydroxylation sites is 2. The number of carboxylic acids is 1. The van der Waals surface area contributed by atoms with Gasteiger partial charge < -0.3 is 26.2 Å². The molecule has 7 heteroatoms. The van der Waals surface area contributed by atoms with Crippen LogP contribution in [0.15, 0.2) is 24.3 Å². The fourth-order valence-electron chi connectivity index (χ4n) is 1.19. The molecule has 2 amide bonds. The van der Waals surface area contributed by atoms with Gasteiger partial charge >= 0.3 is 12.0 Å². The maximum Gasteiger partial charge on any atom is 0.341 e. The topological polar surface area (TPSA) is 114 Å². The molecule has 0 bridgehead atoms. The number of nitrogens with one attached hydrogen (secondary N) is 2. The SMILES string of the molecule is NCCNC(=O)Nc1ccccc1OCC(=O)O. The van der Waals surface area contributed by atoms with Crippen LogP contribution >= 0.6 is 0 Å². The summed E-state index contributed by atoms with van der Waals surface area (Å²) in [6.45, 7) is 0.220. The van der Waals surface area contributed by atoms with E-state index in [1.54, 1.807) is 24.3 Å². The molecule has 1 aromatic carbocycles. The Kier molecular flexibility index (Phi) is 5.46. The molecular formula is C11H15N3O4. The predicted octanol–water partition coefficient (Wildman–Crippen LogP) is 0.230. The minimum atomic E-state index is -1.09. The van der Waals surface area contributed by atoms with Crippen LogP contribution in [0.1, 0.15) is 0 Å². The summed E-state index contributed by atoms with van der Waals surface area (Å²) < 4.78 is 5.04. The highest BCUT2D eigenvalue weighted by molar-refractivity contribution is 5.90. The maximum absolute atomic E-state index is 11.4. The molecule has 7 nitrogen and oxygen atoms in total. The molecule has 1 rings (SSSR count). The van der Waals surface area contributed by atoms with Gasteiger partial charge in [0.2, 0.25) is 0 Å². The van der Waals surface area contributed by atoms with Gasteiger partial charge in [0.05, 0.1) is 5.69 Å². The first-order valence-corrected chi connectivity index (χ1v) is 5.32. The quantitative estimate of drug-likeness (QED) is 0.579. The number of aliphatic carboxylic acids is 1. The van der Waals surface area contributed by atoms with Gasteiger partial charge in [0, 0.05) is 13.1 Å². The van der Waals surface area contributed by atoms with Crippen molar-refractivity contribution in [3.63, 3.8) is 0 Å². The van der Waals surface area contributed by atoms with Crippen LogP contribution in [-0.4, -0.2) is 36.8 Å². The number of ether oxygens (including phenoxy) is 1. The second-order valence-electron chi connectivity index (χ2n) is 3.35. The van der Waals surface area contributed by atoms with Crippen molar-refractivity contribution in [1.29, 1.82) is 0 Å². The molecule has 0 saturated heterocycles. The number of amides is 2. The van der Waals surface area contributed by atoms with Crippen LogP contribution in [0.25, 0.3) is 0 Å². The molecule has 0 spiro atoms. The molecule has 0 saturated carbocycles. The van der Waals surface area contributed by atoms with Crippen molar-refractivity contribution in [2.45, 2.75) is 0 Å². The van der Waals surface area contributed by atoms with E-state index in [-0.39, 0.29) is 0 Å². The predicted molar refractivity (Wildman–Crippen MR) is 65.6 cm³/mol. The van der Waals surface area contributed by atoms with Gasteiger partial charge in [-0.1, -0.05) is 12.1 Å². The molecule has 5 N–H and O–H groups in total. The van der Waals surface area contributed by atoms with Crippen molar-refractivity contribution in [3.05, 3.63) is 24.3 Å². The van der Waals surface area contributed by atoms with E-state index in [0.717, 1.165) is 0 Å². The summed E-state index contributed by atoms with van der Waals surface area (Å²) in [5.74, 6) is -0.791. The third-order valence-corrected chi connectivity index (χ3v) is 1.92. The summed E-state index contributed by atoms with van der Waals surface area (Å²) in [4.78, 5) is 21.8. The Morgan fingerprint density at radius 3 is 2.72 bits per heavy atom. The summed E-state index contributed by atoms with van der Waals surface area (Å²) in [6, 6.07) is 6.14. The van der Waals surface area contributed by atoms with E-state index in [2.05, 4.69) is 10.6 Å². The number of benzene rings is 1. The first kappa shape index (κ1) is 13.8. The van der Waals surface area contributed by atoms with Crippen molar-refractivity contribution < 1.29 is 19.4 Å². The van der Waals surface area contributed by atoms with Crippen LogP contribution in [0.4, 0.5) is 10.5 Å². The highest BCUT2D eigenvalue weighted by Gasteiger charge is 2.07. The number of carbonyl (C=O) groups excluding carboxylic acids is 1. The zero-order valence-electron chi connectivity index (χ0n) is 9.68. The number of rotatable bonds is 6. The van der Waals surface area contributed by atoms with Crippen LogP contribution in [0.5, 0.6) is 5.75 Å². The van der Waals surface area contributed by atoms with Gasteiger partial charge in [-0.15, -0.1) is 0 Å². The number of nitrogens with two attached hydrogens (primary N) is 1. The molecule has 0 radical (unpaired) electrons. The average molecular weight is 253 g/mol. The zero-order valence-corrected chi connectivity index (χ0v) is 9.68. The summed E-state index contributed by atoms with van der Waals surface area (Å²) in [5.41, 5.74) is 5.65. The molecule has 0 heterocycles. The monoisotopic (exact) mass is 253 g/mol. The number of carbonyl (C=O) groups is 2. The standard InChI is InChI=1S/C11H15N3O4/c12-5-6-13-11(17)14-8-3-1-2-4-9(8)18-7-10(15)16/h1-4H,5-7,12H2,(H,15,16)(H2,13,14,17). The fraction of sp³-hybridized carbons (Fsp3) is 0.273. The lowest BCUT2D eigenvalue weighted by atomic mass is 10.3. The first-order valence-electron chi connectivity index (χ1n) is 5.32. The Morgan fingerprint density at radius 1 is 1.33 bits per heavy atom. The normalized spacial score (nSPS) is 9.61. The Bertz CT molecular complexity index is 423. The van der Waals surface area contributed by atoms with E-state index < -0.39 is 18.6 Å². The zero-order chi connectivity index (χ0) is 13.4. The lowest BCUT2D eigenvalue weighted by Crippen LogP contribution is -2.33. The minimum absolute atomic E-state index is 0.294. The molecule has 18 heavy (non-hydrogen) atoms. The number of anilines is 1. The molecule has 0 unspecified atom stereocenters. The van der Waals surface area contributed by atoms with Gasteiger partial charge in [-0.3, -0.25) is 0 Å². The third kappa shape index (κ3) is 4.71. The molecular weight excluding hydrogens is 238 g/mol. The van der Waals surface area contributed by atoms with Crippen molar-refractivity contribution in [3.8, 4) is 5.75 Å². The van der Waals surface area contributed by atoms with Gasteiger partial charge in [0.15, 0.2) is 6.61 Å². The van der Waals surface area contributed by atoms with Crippen LogP contribution in [-0.2, 0) is 4.79 Å². The van der Waals surface area contributed by atoms with E-state index in [1.807, 2.05) is 0 Å². The summed E-state index contributed by atoms with van der Waals surface area (Å²) in [6.07, 6.45) is 0. The number of hydrogen-bond donors (Lipinski definition) is 4. The van der Waals surface area contributed by atoms with E-state index in [9.17, 15) is 9.59 Å². The highest BCUT2D eigenvalue weighted by Crippen LogP contribution is 2.23. The van der Waals surface area contributed by atoms with E-state index in [1.165, 1.54) is 0 Å². The van der Waals surface area contributed by atoms with Crippen molar-refractivity contribution >= 4 is 17.7 Å². The Balaban J connectivity index is 2.63. The van der Waals surface area contributed by atoms with Crippen LogP contribution in [0, 0.1) is 0 Å². The summed E-state index contributed by atoms with van der Waals surface area (Å²) >= 11 is 0. The van der Waals surface area contributed by atoms with Crippen molar-refractivity contribution in [2.75, 3.05) is 25.0 Å². The Morgan fingerprint density at radius 2 is 2.06 bits per heavy atom. The van der Waals surface area contributed by atoms with E-state index in [4.69, 9.17) is 15.6 Å². The van der Waals surface area contributed by atoms with Crippen LogP contribution in [0.2, 0.25) is 0 Å². The van der Waals surface area contributed by atoms with Gasteiger partial charge in [0.25, 0.3) is 0 Å². The Labute approximate surface area is 104 Å². The van der Waals surface area contributed by atoms with E-state index in [0.29, 0.717) is 24.5 Å². The van der Waals surface area contributed by atoms with E-state index >= 15 is 0 Å². The average Bonchev–Trinajstić information content (AvgIpc) is 2.35. The van der Waals surface area contributed by atoms with Crippen LogP contribution < -0.4 is 21.1 Å². The third-order valence-electron chi connectivity index (χ3n) is 1.92. The summed E-state index contributed by atoms with van der Waals surface area (Å²) in [7, 11) is 0. The van der Waals surface area contributed by atoms with Crippen LogP contribution in [0.3, 0.4) is 0 Å². The van der Waals surface area contributed by atoms with Gasteiger partial charge in [-0.2, -0.15) is 0 Å². The summed E-state index contributed by atoms with van der Waals surface area (Å²) in [5, 5.41) is 13.6. The highest BCUT2D eigenvalue weighted by atomic mass is 16.5.